The van der Waals surface area contributed by atoms with Crippen LogP contribution >= 0.6 is 0 Å². The first-order valence-corrected chi connectivity index (χ1v) is 6.98. The van der Waals surface area contributed by atoms with Gasteiger partial charge in [0.25, 0.3) is 0 Å². The largest absolute Gasteiger partial charge is 0.665 e. The molecule has 105 valence electrons. The molecule has 1 unspecified atom stereocenters. The molecule has 1 radical (unpaired) electrons. The zero-order chi connectivity index (χ0) is 13.4. The number of nitrogens with zero attached hydrogens (tertiary/aromatic N) is 2. The summed E-state index contributed by atoms with van der Waals surface area (Å²) in [6.45, 7) is 14.7. The van der Waals surface area contributed by atoms with Crippen LogP contribution < -0.4 is 0 Å². The van der Waals surface area contributed by atoms with Crippen LogP contribution in [0.25, 0.3) is 5.32 Å². The molecule has 0 fully saturated rings. The Morgan fingerprint density at radius 2 is 1.59 bits per heavy atom. The molecule has 2 nitrogen and oxygen atoms in total. The molecule has 0 aromatic carbocycles. The number of rotatable bonds is 7. The third-order valence-corrected chi connectivity index (χ3v) is 2.39. The second-order valence-corrected chi connectivity index (χ2v) is 3.51. The zero-order valence-corrected chi connectivity index (χ0v) is 16.4. The van der Waals surface area contributed by atoms with E-state index < -0.39 is 0 Å². The first-order valence-electron chi connectivity index (χ1n) is 6.98. The molecule has 3 heteroatoms. The smallest absolute Gasteiger partial charge is 0.00475 e. The molecule has 0 heterocycles. The van der Waals surface area contributed by atoms with Crippen LogP contribution in [0, 0.1) is 0 Å². The van der Waals surface area contributed by atoms with Gasteiger partial charge in [0.1, 0.15) is 0 Å². The van der Waals surface area contributed by atoms with E-state index in [9.17, 15) is 0 Å². The average molecular weight is 320 g/mol. The first kappa shape index (κ1) is 26.6. The van der Waals surface area contributed by atoms with Crippen molar-refractivity contribution in [3.8, 4) is 0 Å². The van der Waals surface area contributed by atoms with Crippen LogP contribution in [-0.2, 0) is 32.7 Å². The van der Waals surface area contributed by atoms with Crippen molar-refractivity contribution in [2.75, 3.05) is 27.2 Å². The van der Waals surface area contributed by atoms with Gasteiger partial charge in [0.15, 0.2) is 0 Å². The Morgan fingerprint density at radius 1 is 1.12 bits per heavy atom. The molecule has 0 aliphatic rings. The fraction of sp³-hybridized carbons (Fsp3) is 1.00. The molecule has 0 saturated carbocycles. The van der Waals surface area contributed by atoms with E-state index >= 15 is 0 Å². The summed E-state index contributed by atoms with van der Waals surface area (Å²) in [7, 11) is 4.09. The van der Waals surface area contributed by atoms with Gasteiger partial charge in [-0.25, -0.2) is 0 Å². The minimum Gasteiger partial charge on any atom is -0.665 e. The van der Waals surface area contributed by atoms with E-state index in [2.05, 4.69) is 31.1 Å². The molecule has 0 aliphatic heterocycles. The van der Waals surface area contributed by atoms with E-state index in [1.54, 1.807) is 0 Å². The van der Waals surface area contributed by atoms with E-state index in [1.807, 2.05) is 34.7 Å². The minimum absolute atomic E-state index is 0. The summed E-state index contributed by atoms with van der Waals surface area (Å²) in [6.07, 6.45) is 3.79. The van der Waals surface area contributed by atoms with E-state index in [0.717, 1.165) is 6.54 Å². The summed E-state index contributed by atoms with van der Waals surface area (Å²) in [5.74, 6) is 0. The summed E-state index contributed by atoms with van der Waals surface area (Å²) in [5.41, 5.74) is 0. The third-order valence-electron chi connectivity index (χ3n) is 2.39. The van der Waals surface area contributed by atoms with Gasteiger partial charge < -0.3 is 10.2 Å². The Balaban J connectivity index is -0.000000152. The Bertz CT molecular complexity index is 88.2. The zero-order valence-electron chi connectivity index (χ0n) is 13.6. The first-order chi connectivity index (χ1) is 7.72. The normalized spacial score (nSPS) is 10.4. The molecule has 0 spiro atoms. The molecule has 1 atom stereocenters. The van der Waals surface area contributed by atoms with Gasteiger partial charge in [-0.1, -0.05) is 47.5 Å². The molecule has 0 aromatic rings. The van der Waals surface area contributed by atoms with Gasteiger partial charge in [-0.05, 0) is 26.9 Å². The van der Waals surface area contributed by atoms with Crippen molar-refractivity contribution in [1.82, 2.24) is 4.90 Å². The van der Waals surface area contributed by atoms with Crippen LogP contribution in [0.5, 0.6) is 0 Å². The van der Waals surface area contributed by atoms with Crippen LogP contribution in [0.4, 0.5) is 0 Å². The van der Waals surface area contributed by atoms with Crippen molar-refractivity contribution in [2.24, 2.45) is 0 Å². The van der Waals surface area contributed by atoms with Gasteiger partial charge in [0.2, 0.25) is 0 Å². The van der Waals surface area contributed by atoms with Crippen molar-refractivity contribution >= 4 is 0 Å². The Labute approximate surface area is 136 Å². The fourth-order valence-electron chi connectivity index (χ4n) is 1.16. The fourth-order valence-corrected chi connectivity index (χ4v) is 1.16. The van der Waals surface area contributed by atoms with Gasteiger partial charge in [0.05, 0.1) is 0 Å². The molecular weight excluding hydrogens is 285 g/mol. The van der Waals surface area contributed by atoms with Gasteiger partial charge in [-0.2, -0.15) is 7.05 Å². The number of unbranched alkanes of at least 4 members (excludes halogenated alkanes) is 1. The van der Waals surface area contributed by atoms with Crippen molar-refractivity contribution in [3.63, 3.8) is 0 Å². The third kappa shape index (κ3) is 22.7. The average Bonchev–Trinajstić information content (AvgIpc) is 2.37. The standard InChI is InChI=1S/C10H23N2.2C2H6.Y/c1-5-6-9-12(4)10(2)7-8-11-3;2*1-2;/h10H,5-9H2,1-4H3;2*1-2H3;/q-1;;;. The van der Waals surface area contributed by atoms with Gasteiger partial charge in [-0.15, -0.1) is 6.54 Å². The molecule has 0 aliphatic carbocycles. The molecule has 0 N–H and O–H groups in total. The van der Waals surface area contributed by atoms with Crippen LogP contribution in [0.2, 0.25) is 0 Å². The second-order valence-electron chi connectivity index (χ2n) is 3.51. The van der Waals surface area contributed by atoms with E-state index in [1.165, 1.54) is 25.8 Å². The van der Waals surface area contributed by atoms with E-state index in [0.29, 0.717) is 6.04 Å². The molecule has 0 aromatic heterocycles. The van der Waals surface area contributed by atoms with Crippen molar-refractivity contribution in [1.29, 1.82) is 0 Å². The Morgan fingerprint density at radius 3 is 1.94 bits per heavy atom. The van der Waals surface area contributed by atoms with E-state index in [-0.39, 0.29) is 32.7 Å². The number of hydrogen-bond acceptors (Lipinski definition) is 1. The maximum absolute atomic E-state index is 4.11. The quantitative estimate of drug-likeness (QED) is 0.672. The molecule has 0 saturated heterocycles. The summed E-state index contributed by atoms with van der Waals surface area (Å²) in [4.78, 5) is 2.43. The maximum atomic E-state index is 4.11. The van der Waals surface area contributed by atoms with Crippen LogP contribution in [0.3, 0.4) is 0 Å². The SMILES string of the molecule is CC.CC.CCCCN(C)C(C)CC[N-]C.[Y]. The predicted octanol–water partition coefficient (Wildman–Crippen LogP) is 4.55. The minimum atomic E-state index is 0. The van der Waals surface area contributed by atoms with Crippen LogP contribution in [0.1, 0.15) is 60.8 Å². The molecule has 0 amide bonds. The summed E-state index contributed by atoms with van der Waals surface area (Å²) < 4.78 is 0. The predicted molar refractivity (Wildman–Crippen MR) is 78.5 cm³/mol. The summed E-state index contributed by atoms with van der Waals surface area (Å²) in [6, 6.07) is 0.681. The van der Waals surface area contributed by atoms with Crippen molar-refractivity contribution in [3.05, 3.63) is 5.32 Å². The Hall–Kier alpha value is 1.02. The molecule has 17 heavy (non-hydrogen) atoms. The van der Waals surface area contributed by atoms with Crippen LogP contribution in [-0.4, -0.2) is 38.1 Å². The topological polar surface area (TPSA) is 17.3 Å². The van der Waals surface area contributed by atoms with Crippen molar-refractivity contribution < 1.29 is 32.7 Å². The van der Waals surface area contributed by atoms with E-state index in [4.69, 9.17) is 0 Å². The van der Waals surface area contributed by atoms with Gasteiger partial charge in [-0.3, -0.25) is 0 Å². The molecular formula is C14H35N2Y-. The molecule has 0 bridgehead atoms. The second kappa shape index (κ2) is 25.8. The summed E-state index contributed by atoms with van der Waals surface area (Å²) >= 11 is 0. The molecule has 0 rings (SSSR count). The van der Waals surface area contributed by atoms with Crippen LogP contribution in [0.15, 0.2) is 0 Å². The summed E-state index contributed by atoms with van der Waals surface area (Å²) in [5, 5.41) is 4.11. The Kier molecular flexibility index (Phi) is 40.3. The monoisotopic (exact) mass is 320 g/mol. The number of hydrogen-bond donors (Lipinski definition) is 0. The van der Waals surface area contributed by atoms with Gasteiger partial charge in [0, 0.05) is 38.8 Å². The maximum Gasteiger partial charge on any atom is 0.00475 e. The van der Waals surface area contributed by atoms with Gasteiger partial charge >= 0.3 is 0 Å². The van der Waals surface area contributed by atoms with Crippen molar-refractivity contribution in [2.45, 2.75) is 66.8 Å².